The van der Waals surface area contributed by atoms with Gasteiger partial charge < -0.3 is 9.73 Å². The average Bonchev–Trinajstić information content (AvgIpc) is 2.75. The summed E-state index contributed by atoms with van der Waals surface area (Å²) in [7, 11) is 0. The maximum Gasteiger partial charge on any atom is 0.134 e. The Balaban J connectivity index is 1.59. The summed E-state index contributed by atoms with van der Waals surface area (Å²) in [6.07, 6.45) is 5.47. The highest BCUT2D eigenvalue weighted by molar-refractivity contribution is 5.77. The summed E-state index contributed by atoms with van der Waals surface area (Å²) in [6.45, 7) is 4.28. The summed E-state index contributed by atoms with van der Waals surface area (Å²) in [6, 6.07) is 10.3. The Morgan fingerprint density at radius 2 is 2.11 bits per heavy atom. The summed E-state index contributed by atoms with van der Waals surface area (Å²) in [4.78, 5) is 0. The van der Waals surface area contributed by atoms with Crippen molar-refractivity contribution in [1.82, 2.24) is 5.32 Å². The van der Waals surface area contributed by atoms with Crippen LogP contribution in [-0.2, 0) is 6.54 Å². The molecule has 18 heavy (non-hydrogen) atoms. The van der Waals surface area contributed by atoms with Gasteiger partial charge in [-0.1, -0.05) is 31.5 Å². The second-order valence-electron chi connectivity index (χ2n) is 5.56. The molecular weight excluding hydrogens is 222 g/mol. The molecule has 1 saturated carbocycles. The van der Waals surface area contributed by atoms with E-state index in [0.29, 0.717) is 5.41 Å². The number of hydrogen-bond donors (Lipinski definition) is 1. The molecule has 0 radical (unpaired) electrons. The van der Waals surface area contributed by atoms with Crippen molar-refractivity contribution in [3.63, 3.8) is 0 Å². The van der Waals surface area contributed by atoms with Gasteiger partial charge in [-0.3, -0.25) is 0 Å². The van der Waals surface area contributed by atoms with Crippen molar-refractivity contribution in [1.29, 1.82) is 0 Å². The van der Waals surface area contributed by atoms with Crippen LogP contribution < -0.4 is 5.32 Å². The fraction of sp³-hybridized carbons (Fsp3) is 0.500. The maximum absolute atomic E-state index is 5.81. The molecule has 3 rings (SSSR count). The molecule has 1 aliphatic rings. The van der Waals surface area contributed by atoms with Crippen molar-refractivity contribution in [2.75, 3.05) is 6.54 Å². The summed E-state index contributed by atoms with van der Waals surface area (Å²) >= 11 is 0. The smallest absolute Gasteiger partial charge is 0.134 e. The van der Waals surface area contributed by atoms with Gasteiger partial charge in [0.05, 0.1) is 6.54 Å². The van der Waals surface area contributed by atoms with Crippen LogP contribution in [0.3, 0.4) is 0 Å². The molecule has 0 unspecified atom stereocenters. The van der Waals surface area contributed by atoms with Gasteiger partial charge in [0.25, 0.3) is 0 Å². The Bertz CT molecular complexity index is 486. The van der Waals surface area contributed by atoms with Gasteiger partial charge in [0, 0.05) is 11.9 Å². The van der Waals surface area contributed by atoms with E-state index in [2.05, 4.69) is 30.4 Å². The Morgan fingerprint density at radius 3 is 2.78 bits per heavy atom. The Morgan fingerprint density at radius 1 is 1.28 bits per heavy atom. The normalized spacial score (nSPS) is 17.8. The summed E-state index contributed by atoms with van der Waals surface area (Å²) in [5.74, 6) is 1.04. The van der Waals surface area contributed by atoms with Gasteiger partial charge in [0.15, 0.2) is 0 Å². The van der Waals surface area contributed by atoms with Crippen molar-refractivity contribution in [3.8, 4) is 0 Å². The standard InChI is InChI=1S/C16H21NO/c1-2-16(8-5-9-16)12-17-11-14-10-13-6-3-4-7-15(13)18-14/h3-4,6-7,10,17H,2,5,8-9,11-12H2,1H3. The molecule has 2 nitrogen and oxygen atoms in total. The number of nitrogens with one attached hydrogen (secondary N) is 1. The van der Waals surface area contributed by atoms with Crippen LogP contribution in [0.15, 0.2) is 34.7 Å². The number of hydrogen-bond acceptors (Lipinski definition) is 2. The molecular formula is C16H21NO. The third-order valence-corrected chi connectivity index (χ3v) is 4.44. The number of furan rings is 1. The molecule has 1 fully saturated rings. The lowest BCUT2D eigenvalue weighted by Crippen LogP contribution is -2.39. The van der Waals surface area contributed by atoms with Gasteiger partial charge >= 0.3 is 0 Å². The van der Waals surface area contributed by atoms with E-state index < -0.39 is 0 Å². The fourth-order valence-electron chi connectivity index (χ4n) is 2.91. The number of rotatable bonds is 5. The van der Waals surface area contributed by atoms with Crippen LogP contribution in [0.2, 0.25) is 0 Å². The van der Waals surface area contributed by atoms with Crippen LogP contribution in [-0.4, -0.2) is 6.54 Å². The van der Waals surface area contributed by atoms with E-state index in [0.717, 1.165) is 24.4 Å². The van der Waals surface area contributed by atoms with Gasteiger partial charge in [0.1, 0.15) is 11.3 Å². The molecule has 2 aromatic rings. The van der Waals surface area contributed by atoms with Gasteiger partial charge in [0.2, 0.25) is 0 Å². The zero-order chi connectivity index (χ0) is 12.4. The third-order valence-electron chi connectivity index (χ3n) is 4.44. The minimum Gasteiger partial charge on any atom is -0.460 e. The zero-order valence-corrected chi connectivity index (χ0v) is 11.0. The fourth-order valence-corrected chi connectivity index (χ4v) is 2.91. The molecule has 1 aromatic heterocycles. The van der Waals surface area contributed by atoms with Crippen LogP contribution in [0.25, 0.3) is 11.0 Å². The third kappa shape index (κ3) is 2.17. The SMILES string of the molecule is CCC1(CNCc2cc3ccccc3o2)CCC1. The monoisotopic (exact) mass is 243 g/mol. The van der Waals surface area contributed by atoms with E-state index in [9.17, 15) is 0 Å². The molecule has 0 atom stereocenters. The quantitative estimate of drug-likeness (QED) is 0.855. The Hall–Kier alpha value is -1.28. The summed E-state index contributed by atoms with van der Waals surface area (Å²) in [5, 5.41) is 4.76. The van der Waals surface area contributed by atoms with Crippen LogP contribution in [0.4, 0.5) is 0 Å². The van der Waals surface area contributed by atoms with Crippen LogP contribution in [0.5, 0.6) is 0 Å². The van der Waals surface area contributed by atoms with E-state index in [1.54, 1.807) is 0 Å². The molecule has 1 N–H and O–H groups in total. The lowest BCUT2D eigenvalue weighted by atomic mass is 9.67. The zero-order valence-electron chi connectivity index (χ0n) is 11.0. The molecule has 0 amide bonds. The van der Waals surface area contributed by atoms with Gasteiger partial charge in [-0.15, -0.1) is 0 Å². The molecule has 0 spiro atoms. The largest absolute Gasteiger partial charge is 0.460 e. The maximum atomic E-state index is 5.81. The first-order chi connectivity index (χ1) is 8.81. The number of para-hydroxylation sites is 1. The lowest BCUT2D eigenvalue weighted by molar-refractivity contribution is 0.123. The van der Waals surface area contributed by atoms with Gasteiger partial charge in [-0.25, -0.2) is 0 Å². The van der Waals surface area contributed by atoms with E-state index in [-0.39, 0.29) is 0 Å². The molecule has 2 heteroatoms. The van der Waals surface area contributed by atoms with Crippen molar-refractivity contribution in [3.05, 3.63) is 36.1 Å². The Labute approximate surface area is 108 Å². The van der Waals surface area contributed by atoms with Gasteiger partial charge in [-0.2, -0.15) is 0 Å². The second-order valence-corrected chi connectivity index (χ2v) is 5.56. The summed E-state index contributed by atoms with van der Waals surface area (Å²) in [5.41, 5.74) is 1.56. The minimum absolute atomic E-state index is 0.575. The highest BCUT2D eigenvalue weighted by Crippen LogP contribution is 2.43. The van der Waals surface area contributed by atoms with Crippen molar-refractivity contribution >= 4 is 11.0 Å². The molecule has 0 aliphatic heterocycles. The molecule has 1 heterocycles. The van der Waals surface area contributed by atoms with Gasteiger partial charge in [-0.05, 0) is 36.8 Å². The van der Waals surface area contributed by atoms with E-state index >= 15 is 0 Å². The van der Waals surface area contributed by atoms with E-state index in [1.807, 2.05) is 12.1 Å². The first-order valence-electron chi connectivity index (χ1n) is 6.99. The molecule has 1 aromatic carbocycles. The van der Waals surface area contributed by atoms with Crippen molar-refractivity contribution in [2.45, 2.75) is 39.2 Å². The van der Waals surface area contributed by atoms with Crippen LogP contribution in [0.1, 0.15) is 38.4 Å². The van der Waals surface area contributed by atoms with Crippen LogP contribution in [0, 0.1) is 5.41 Å². The second kappa shape index (κ2) is 4.77. The minimum atomic E-state index is 0.575. The van der Waals surface area contributed by atoms with Crippen LogP contribution >= 0.6 is 0 Å². The number of fused-ring (bicyclic) bond motifs is 1. The predicted octanol–water partition coefficient (Wildman–Crippen LogP) is 4.10. The van der Waals surface area contributed by atoms with E-state index in [1.165, 1.54) is 31.1 Å². The molecule has 1 aliphatic carbocycles. The number of benzene rings is 1. The highest BCUT2D eigenvalue weighted by Gasteiger charge is 2.34. The highest BCUT2D eigenvalue weighted by atomic mass is 16.3. The lowest BCUT2D eigenvalue weighted by Gasteiger charge is -2.41. The Kier molecular flexibility index (Phi) is 3.13. The predicted molar refractivity (Wildman–Crippen MR) is 74.5 cm³/mol. The molecule has 0 bridgehead atoms. The average molecular weight is 243 g/mol. The van der Waals surface area contributed by atoms with Crippen molar-refractivity contribution < 1.29 is 4.42 Å². The molecule has 0 saturated heterocycles. The topological polar surface area (TPSA) is 25.2 Å². The first kappa shape index (κ1) is 11.8. The van der Waals surface area contributed by atoms with Crippen molar-refractivity contribution in [2.24, 2.45) is 5.41 Å². The summed E-state index contributed by atoms with van der Waals surface area (Å²) < 4.78 is 5.81. The van der Waals surface area contributed by atoms with E-state index in [4.69, 9.17) is 4.42 Å². The first-order valence-corrected chi connectivity index (χ1v) is 6.99. The molecule has 96 valence electrons.